The summed E-state index contributed by atoms with van der Waals surface area (Å²) in [5.41, 5.74) is 5.58. The van der Waals surface area contributed by atoms with Crippen molar-refractivity contribution in [3.63, 3.8) is 0 Å². The lowest BCUT2D eigenvalue weighted by atomic mass is 9.76. The van der Waals surface area contributed by atoms with Crippen molar-refractivity contribution in [2.45, 2.75) is 59.5 Å². The third-order valence-corrected chi connectivity index (χ3v) is 7.58. The second-order valence-corrected chi connectivity index (χ2v) is 10.3. The van der Waals surface area contributed by atoms with Crippen LogP contribution in [0.15, 0.2) is 48.5 Å². The maximum Gasteiger partial charge on any atom is 0.194 e. The van der Waals surface area contributed by atoms with Crippen LogP contribution in [0.1, 0.15) is 109 Å². The summed E-state index contributed by atoms with van der Waals surface area (Å²) in [7, 11) is 0. The van der Waals surface area contributed by atoms with E-state index in [2.05, 4.69) is 6.92 Å². The van der Waals surface area contributed by atoms with Crippen LogP contribution in [0.5, 0.6) is 0 Å². The first-order valence-corrected chi connectivity index (χ1v) is 12.9. The van der Waals surface area contributed by atoms with Gasteiger partial charge in [0.15, 0.2) is 17.3 Å². The summed E-state index contributed by atoms with van der Waals surface area (Å²) < 4.78 is 0. The highest BCUT2D eigenvalue weighted by Gasteiger charge is 2.34. The number of aryl methyl sites for hydroxylation is 2. The van der Waals surface area contributed by atoms with Gasteiger partial charge in [0, 0.05) is 34.4 Å². The Balaban J connectivity index is 1.85. The van der Waals surface area contributed by atoms with Gasteiger partial charge in [-0.15, -0.1) is 0 Å². The monoisotopic (exact) mass is 498 g/mol. The fourth-order valence-electron chi connectivity index (χ4n) is 5.57. The van der Waals surface area contributed by atoms with Crippen molar-refractivity contribution in [1.29, 1.82) is 0 Å². The lowest BCUT2D eigenvalue weighted by Crippen LogP contribution is -2.25. The van der Waals surface area contributed by atoms with E-state index in [1.165, 1.54) is 6.92 Å². The molecule has 0 amide bonds. The predicted octanol–water partition coefficient (Wildman–Crippen LogP) is 5.70. The zero-order chi connectivity index (χ0) is 26.9. The minimum Gasteiger partial charge on any atom is -0.396 e. The van der Waals surface area contributed by atoms with Crippen LogP contribution in [0.3, 0.4) is 0 Å². The zero-order valence-electron chi connectivity index (χ0n) is 21.9. The fraction of sp³-hybridized carbons (Fsp3) is 0.344. The highest BCUT2D eigenvalue weighted by Crippen LogP contribution is 2.36. The molecule has 2 N–H and O–H groups in total. The molecule has 0 bridgehead atoms. The van der Waals surface area contributed by atoms with E-state index in [4.69, 9.17) is 0 Å². The molecule has 37 heavy (non-hydrogen) atoms. The predicted molar refractivity (Wildman–Crippen MR) is 144 cm³/mol. The van der Waals surface area contributed by atoms with Gasteiger partial charge in [-0.1, -0.05) is 49.4 Å². The highest BCUT2D eigenvalue weighted by molar-refractivity contribution is 6.29. The van der Waals surface area contributed by atoms with Crippen molar-refractivity contribution in [2.24, 2.45) is 5.92 Å². The van der Waals surface area contributed by atoms with E-state index < -0.39 is 6.10 Å². The molecule has 1 aliphatic rings. The summed E-state index contributed by atoms with van der Waals surface area (Å²) in [4.78, 5) is 40.1. The normalized spacial score (nSPS) is 14.2. The van der Waals surface area contributed by atoms with Gasteiger partial charge >= 0.3 is 0 Å². The van der Waals surface area contributed by atoms with Gasteiger partial charge in [0.05, 0.1) is 6.10 Å². The number of hydrogen-bond acceptors (Lipinski definition) is 5. The number of aliphatic hydroxyl groups excluding tert-OH is 2. The highest BCUT2D eigenvalue weighted by atomic mass is 16.3. The number of carbonyl (C=O) groups is 3. The van der Waals surface area contributed by atoms with Crippen LogP contribution in [0.4, 0.5) is 0 Å². The molecular formula is C32H34O5. The quantitative estimate of drug-likeness (QED) is 0.289. The van der Waals surface area contributed by atoms with Gasteiger partial charge in [-0.2, -0.15) is 0 Å². The number of ketones is 3. The first kappa shape index (κ1) is 26.6. The van der Waals surface area contributed by atoms with Crippen molar-refractivity contribution in [2.75, 3.05) is 6.61 Å². The summed E-state index contributed by atoms with van der Waals surface area (Å²) >= 11 is 0. The van der Waals surface area contributed by atoms with E-state index >= 15 is 0 Å². The standard InChI is InChI=1S/C32H34O5/c1-18(14-15-33)12-13-28(35)22-11-7-8-19(2)25(22)17-26-29(21(4)34)20(3)16-27-30(26)32(37)24-10-6-5-9-23(24)31(27)36/h5-11,16,18,28,33,35H,12-15,17H2,1-4H3. The maximum absolute atomic E-state index is 13.8. The molecule has 0 saturated heterocycles. The Hall–Kier alpha value is -3.41. The number of hydrogen-bond donors (Lipinski definition) is 2. The Labute approximate surface area is 218 Å². The summed E-state index contributed by atoms with van der Waals surface area (Å²) in [5, 5.41) is 20.4. The van der Waals surface area contributed by atoms with Gasteiger partial charge < -0.3 is 10.2 Å². The largest absolute Gasteiger partial charge is 0.396 e. The van der Waals surface area contributed by atoms with Crippen LogP contribution in [0.2, 0.25) is 0 Å². The van der Waals surface area contributed by atoms with Crippen molar-refractivity contribution < 1.29 is 24.6 Å². The average Bonchev–Trinajstić information content (AvgIpc) is 2.86. The molecule has 0 fully saturated rings. The number of Topliss-reactive ketones (excluding diaryl/α,β-unsaturated/α-hetero) is 1. The maximum atomic E-state index is 13.8. The summed E-state index contributed by atoms with van der Waals surface area (Å²) in [6.07, 6.45) is 1.51. The summed E-state index contributed by atoms with van der Waals surface area (Å²) in [5.74, 6) is -0.351. The number of carbonyl (C=O) groups excluding carboxylic acids is 3. The molecule has 2 atom stereocenters. The Morgan fingerprint density at radius 1 is 0.838 bits per heavy atom. The first-order chi connectivity index (χ1) is 17.6. The smallest absolute Gasteiger partial charge is 0.194 e. The minimum atomic E-state index is -0.726. The third-order valence-electron chi connectivity index (χ3n) is 7.58. The lowest BCUT2D eigenvalue weighted by molar-refractivity contribution is 0.0976. The van der Waals surface area contributed by atoms with E-state index in [1.54, 1.807) is 37.3 Å². The third kappa shape index (κ3) is 5.07. The molecule has 5 nitrogen and oxygen atoms in total. The van der Waals surface area contributed by atoms with Gasteiger partial charge in [0.2, 0.25) is 0 Å². The van der Waals surface area contributed by atoms with Gasteiger partial charge in [0.25, 0.3) is 0 Å². The van der Waals surface area contributed by atoms with Gasteiger partial charge in [0.1, 0.15) is 0 Å². The second kappa shape index (κ2) is 10.9. The van der Waals surface area contributed by atoms with E-state index in [0.29, 0.717) is 51.8 Å². The molecule has 0 radical (unpaired) electrons. The average molecular weight is 499 g/mol. The zero-order valence-corrected chi connectivity index (χ0v) is 21.9. The summed E-state index contributed by atoms with van der Waals surface area (Å²) in [6.45, 7) is 7.41. The van der Waals surface area contributed by atoms with Crippen LogP contribution in [-0.2, 0) is 6.42 Å². The first-order valence-electron chi connectivity index (χ1n) is 12.9. The van der Waals surface area contributed by atoms with E-state index in [1.807, 2.05) is 25.1 Å². The molecule has 192 valence electrons. The van der Waals surface area contributed by atoms with Gasteiger partial charge in [-0.25, -0.2) is 0 Å². The Morgan fingerprint density at radius 2 is 1.51 bits per heavy atom. The molecule has 0 heterocycles. The van der Waals surface area contributed by atoms with Crippen molar-refractivity contribution in [1.82, 2.24) is 0 Å². The Morgan fingerprint density at radius 3 is 2.16 bits per heavy atom. The minimum absolute atomic E-state index is 0.120. The molecule has 1 aliphatic carbocycles. The number of benzene rings is 3. The lowest BCUT2D eigenvalue weighted by Gasteiger charge is -2.25. The Kier molecular flexibility index (Phi) is 7.86. The van der Waals surface area contributed by atoms with Crippen LogP contribution < -0.4 is 0 Å². The van der Waals surface area contributed by atoms with Gasteiger partial charge in [-0.3, -0.25) is 14.4 Å². The van der Waals surface area contributed by atoms with Crippen molar-refractivity contribution in [3.8, 4) is 0 Å². The molecular weight excluding hydrogens is 464 g/mol. The van der Waals surface area contributed by atoms with Crippen LogP contribution in [0.25, 0.3) is 0 Å². The molecule has 0 aromatic heterocycles. The van der Waals surface area contributed by atoms with E-state index in [0.717, 1.165) is 23.1 Å². The molecule has 0 saturated carbocycles. The molecule has 3 aromatic rings. The fourth-order valence-corrected chi connectivity index (χ4v) is 5.57. The number of fused-ring (bicyclic) bond motifs is 2. The topological polar surface area (TPSA) is 91.7 Å². The van der Waals surface area contributed by atoms with Gasteiger partial charge in [-0.05, 0) is 86.3 Å². The molecule has 2 unspecified atom stereocenters. The molecule has 5 heteroatoms. The summed E-state index contributed by atoms with van der Waals surface area (Å²) in [6, 6.07) is 14.2. The molecule has 0 aliphatic heterocycles. The molecule has 3 aromatic carbocycles. The number of aliphatic hydroxyl groups is 2. The van der Waals surface area contributed by atoms with E-state index in [9.17, 15) is 24.6 Å². The molecule has 0 spiro atoms. The molecule has 4 rings (SSSR count). The van der Waals surface area contributed by atoms with Crippen molar-refractivity contribution >= 4 is 17.3 Å². The number of rotatable bonds is 9. The van der Waals surface area contributed by atoms with Crippen LogP contribution >= 0.6 is 0 Å². The second-order valence-electron chi connectivity index (χ2n) is 10.3. The Bertz CT molecular complexity index is 1380. The van der Waals surface area contributed by atoms with Crippen molar-refractivity contribution in [3.05, 3.63) is 104 Å². The van der Waals surface area contributed by atoms with E-state index in [-0.39, 0.29) is 36.3 Å². The SMILES string of the molecule is CC(=O)c1c(C)cc2c(c1Cc1c(C)cccc1C(O)CCC(C)CCO)C(=O)c1ccccc1C2=O. The van der Waals surface area contributed by atoms with Crippen LogP contribution in [-0.4, -0.2) is 34.2 Å². The van der Waals surface area contributed by atoms with Crippen LogP contribution in [0, 0.1) is 19.8 Å².